The highest BCUT2D eigenvalue weighted by Gasteiger charge is 2.35. The highest BCUT2D eigenvalue weighted by molar-refractivity contribution is 5.70. The van der Waals surface area contributed by atoms with E-state index < -0.39 is 18.0 Å². The molecular weight excluding hydrogens is 246 g/mol. The molecule has 2 unspecified atom stereocenters. The van der Waals surface area contributed by atoms with Crippen LogP contribution in [0.5, 0.6) is 0 Å². The molecule has 0 amide bonds. The van der Waals surface area contributed by atoms with Gasteiger partial charge in [0.05, 0.1) is 5.92 Å². The van der Waals surface area contributed by atoms with Crippen LogP contribution in [0, 0.1) is 28.3 Å². The van der Waals surface area contributed by atoms with Crippen molar-refractivity contribution in [2.24, 2.45) is 16.7 Å². The van der Waals surface area contributed by atoms with Crippen LogP contribution in [-0.2, 0) is 14.6 Å². The van der Waals surface area contributed by atoms with Crippen LogP contribution >= 0.6 is 0 Å². The minimum absolute atomic E-state index is 0.0373. The Labute approximate surface area is 115 Å². The predicted octanol–water partition coefficient (Wildman–Crippen LogP) is 3.36. The Balaban J connectivity index is 4.86. The maximum absolute atomic E-state index is 11.4. The van der Waals surface area contributed by atoms with Crippen LogP contribution in [-0.4, -0.2) is 17.2 Å². The monoisotopic (exact) mass is 271 g/mol. The second kappa shape index (κ2) is 6.76. The van der Waals surface area contributed by atoms with Gasteiger partial charge in [0.1, 0.15) is 6.10 Å². The van der Waals surface area contributed by atoms with Crippen LogP contribution in [0.3, 0.4) is 0 Å². The van der Waals surface area contributed by atoms with E-state index in [2.05, 4.69) is 4.89 Å². The summed E-state index contributed by atoms with van der Waals surface area (Å²) in [6.45, 7) is 11.7. The first kappa shape index (κ1) is 17.7. The number of carboxylic acid groups (broad SMARTS) is 1. The number of carbonyl (C=O) groups is 1. The van der Waals surface area contributed by atoms with E-state index in [0.29, 0.717) is 12.8 Å². The van der Waals surface area contributed by atoms with Crippen LogP contribution in [0.15, 0.2) is 0 Å². The summed E-state index contributed by atoms with van der Waals surface area (Å²) in [6, 6.07) is 0. The van der Waals surface area contributed by atoms with E-state index >= 15 is 0 Å². The maximum Gasteiger partial charge on any atom is 0.324 e. The van der Waals surface area contributed by atoms with Gasteiger partial charge in [-0.3, -0.25) is 9.68 Å². The average Bonchev–Trinajstić information content (AvgIpc) is 2.17. The van der Waals surface area contributed by atoms with Crippen LogP contribution < -0.4 is 0 Å². The van der Waals surface area contributed by atoms with E-state index in [1.807, 2.05) is 41.5 Å². The van der Waals surface area contributed by atoms with Crippen LogP contribution in [0.25, 0.3) is 0 Å². The fourth-order valence-electron chi connectivity index (χ4n) is 2.02. The summed E-state index contributed by atoms with van der Waals surface area (Å²) in [4.78, 5) is 20.7. The van der Waals surface area contributed by atoms with Crippen LogP contribution in [0.4, 0.5) is 0 Å². The normalized spacial score (nSPS) is 15.4. The van der Waals surface area contributed by atoms with E-state index in [-0.39, 0.29) is 10.8 Å². The quantitative estimate of drug-likeness (QED) is 0.455. The van der Waals surface area contributed by atoms with Gasteiger partial charge < -0.3 is 5.11 Å². The molecule has 110 valence electrons. The Morgan fingerprint density at radius 1 is 1.26 bits per heavy atom. The second-order valence-electron chi connectivity index (χ2n) is 7.15. The third kappa shape index (κ3) is 7.68. The van der Waals surface area contributed by atoms with Crippen LogP contribution in [0.1, 0.15) is 54.4 Å². The van der Waals surface area contributed by atoms with E-state index in [9.17, 15) is 9.90 Å². The third-order valence-corrected chi connectivity index (χ3v) is 2.90. The molecule has 0 spiro atoms. The van der Waals surface area contributed by atoms with Gasteiger partial charge in [0, 0.05) is 0 Å². The summed E-state index contributed by atoms with van der Waals surface area (Å²) in [5.41, 5.74) is -0.414. The van der Waals surface area contributed by atoms with Gasteiger partial charge in [0.25, 0.3) is 0 Å². The summed E-state index contributed by atoms with van der Waals surface area (Å²) >= 11 is 0. The van der Waals surface area contributed by atoms with E-state index in [0.717, 1.165) is 0 Å². The molecule has 0 fully saturated rings. The molecule has 0 aliphatic carbocycles. The molecule has 2 atom stereocenters. The molecule has 0 radical (unpaired) electrons. The van der Waals surface area contributed by atoms with Crippen molar-refractivity contribution in [3.05, 3.63) is 0 Å². The van der Waals surface area contributed by atoms with E-state index in [1.165, 1.54) is 6.26 Å². The van der Waals surface area contributed by atoms with Crippen molar-refractivity contribution in [3.8, 4) is 6.26 Å². The topological polar surface area (TPSA) is 79.6 Å². The van der Waals surface area contributed by atoms with E-state index in [1.54, 1.807) is 0 Å². The molecule has 0 aliphatic rings. The zero-order chi connectivity index (χ0) is 15.3. The first-order valence-electron chi connectivity index (χ1n) is 6.41. The molecule has 0 saturated carbocycles. The van der Waals surface area contributed by atoms with Crippen molar-refractivity contribution in [1.29, 1.82) is 5.26 Å². The van der Waals surface area contributed by atoms with Gasteiger partial charge in [0.15, 0.2) is 0 Å². The molecular formula is C14H25NO4. The molecule has 19 heavy (non-hydrogen) atoms. The number of hydrogen-bond donors (Lipinski definition) is 1. The van der Waals surface area contributed by atoms with Crippen molar-refractivity contribution >= 4 is 5.97 Å². The zero-order valence-corrected chi connectivity index (χ0v) is 12.7. The smallest absolute Gasteiger partial charge is 0.324 e. The number of hydrogen-bond acceptors (Lipinski definition) is 4. The van der Waals surface area contributed by atoms with Gasteiger partial charge >= 0.3 is 12.2 Å². The Kier molecular flexibility index (Phi) is 6.31. The molecule has 0 aromatic rings. The molecule has 5 heteroatoms. The minimum atomic E-state index is -0.855. The summed E-state index contributed by atoms with van der Waals surface area (Å²) in [5, 5.41) is 17.7. The molecule has 0 saturated heterocycles. The molecule has 0 aromatic carbocycles. The number of nitrogens with zero attached hydrogens (tertiary/aromatic N) is 1. The standard InChI is InChI=1S/C14H25NO4/c1-13(2,3)8-10(19-18-9-15)7-11(12(16)17)14(4,5)6/h10-11H,7-8H2,1-6H3,(H,16,17). The SMILES string of the molecule is CC(C)(C)CC(CC(C(=O)O)C(C)(C)C)OOC#N. The fraction of sp³-hybridized carbons (Fsp3) is 0.857. The molecule has 0 bridgehead atoms. The number of aliphatic carboxylic acids is 1. The molecule has 1 N–H and O–H groups in total. The lowest BCUT2D eigenvalue weighted by atomic mass is 9.75. The maximum atomic E-state index is 11.4. The van der Waals surface area contributed by atoms with Crippen molar-refractivity contribution < 1.29 is 19.7 Å². The third-order valence-electron chi connectivity index (χ3n) is 2.90. The van der Waals surface area contributed by atoms with Gasteiger partial charge in [-0.15, -0.1) is 5.26 Å². The minimum Gasteiger partial charge on any atom is -0.481 e. The number of rotatable bonds is 6. The van der Waals surface area contributed by atoms with Gasteiger partial charge in [-0.05, 0) is 23.7 Å². The van der Waals surface area contributed by atoms with Crippen molar-refractivity contribution in [3.63, 3.8) is 0 Å². The fourth-order valence-corrected chi connectivity index (χ4v) is 2.02. The Hall–Kier alpha value is -1.28. The van der Waals surface area contributed by atoms with E-state index in [4.69, 9.17) is 10.1 Å². The zero-order valence-electron chi connectivity index (χ0n) is 12.7. The lowest BCUT2D eigenvalue weighted by molar-refractivity contribution is -0.283. The summed E-state index contributed by atoms with van der Waals surface area (Å²) in [5.74, 6) is -1.41. The molecule has 0 aromatic heterocycles. The lowest BCUT2D eigenvalue weighted by Crippen LogP contribution is -2.34. The highest BCUT2D eigenvalue weighted by Crippen LogP contribution is 2.34. The summed E-state index contributed by atoms with van der Waals surface area (Å²) in [7, 11) is 0. The molecule has 5 nitrogen and oxygen atoms in total. The highest BCUT2D eigenvalue weighted by atomic mass is 17.2. The first-order chi connectivity index (χ1) is 8.47. The predicted molar refractivity (Wildman–Crippen MR) is 70.8 cm³/mol. The van der Waals surface area contributed by atoms with Crippen molar-refractivity contribution in [2.45, 2.75) is 60.5 Å². The Morgan fingerprint density at radius 2 is 1.79 bits per heavy atom. The van der Waals surface area contributed by atoms with Crippen molar-refractivity contribution in [2.75, 3.05) is 0 Å². The first-order valence-corrected chi connectivity index (χ1v) is 6.41. The van der Waals surface area contributed by atoms with Gasteiger partial charge in [0.2, 0.25) is 0 Å². The second-order valence-corrected chi connectivity index (χ2v) is 7.15. The summed E-state index contributed by atoms with van der Waals surface area (Å²) < 4.78 is 0. The van der Waals surface area contributed by atoms with Gasteiger partial charge in [-0.25, -0.2) is 0 Å². The molecule has 0 rings (SSSR count). The number of carboxylic acids is 1. The molecule has 0 heterocycles. The lowest BCUT2D eigenvalue weighted by Gasteiger charge is -2.31. The largest absolute Gasteiger partial charge is 0.481 e. The Bertz CT molecular complexity index is 333. The van der Waals surface area contributed by atoms with Crippen molar-refractivity contribution in [1.82, 2.24) is 0 Å². The van der Waals surface area contributed by atoms with Crippen LogP contribution in [0.2, 0.25) is 0 Å². The van der Waals surface area contributed by atoms with Gasteiger partial charge in [-0.1, -0.05) is 41.5 Å². The van der Waals surface area contributed by atoms with Gasteiger partial charge in [-0.2, -0.15) is 4.89 Å². The Morgan fingerprint density at radius 3 is 2.11 bits per heavy atom. The molecule has 0 aliphatic heterocycles. The average molecular weight is 271 g/mol. The summed E-state index contributed by atoms with van der Waals surface area (Å²) in [6.07, 6.45) is 1.98. The number of nitriles is 1.